The van der Waals surface area contributed by atoms with E-state index in [2.05, 4.69) is 15.3 Å². The second kappa shape index (κ2) is 5.38. The predicted octanol–water partition coefficient (Wildman–Crippen LogP) is 3.96. The standard InChI is InChI=1S/C14H8F3N3OS/c15-14(16,17)11-6-10-9(7-18-11)19-13(22-10)20-12(21)8-4-2-1-3-5-8/h1-7H,(H,19,20,21). The number of pyridine rings is 1. The van der Waals surface area contributed by atoms with Gasteiger partial charge in [0.05, 0.1) is 10.9 Å². The largest absolute Gasteiger partial charge is 0.433 e. The molecule has 0 aliphatic rings. The molecule has 112 valence electrons. The summed E-state index contributed by atoms with van der Waals surface area (Å²) >= 11 is 0.967. The number of amides is 1. The fourth-order valence-corrected chi connectivity index (χ4v) is 2.67. The third kappa shape index (κ3) is 2.91. The van der Waals surface area contributed by atoms with Crippen LogP contribution in [0.15, 0.2) is 42.6 Å². The third-order valence-corrected chi connectivity index (χ3v) is 3.76. The van der Waals surface area contributed by atoms with Crippen molar-refractivity contribution in [3.8, 4) is 0 Å². The molecule has 0 saturated heterocycles. The topological polar surface area (TPSA) is 54.9 Å². The molecule has 3 rings (SSSR count). The highest BCUT2D eigenvalue weighted by Gasteiger charge is 2.32. The van der Waals surface area contributed by atoms with Crippen molar-refractivity contribution in [2.24, 2.45) is 0 Å². The second-order valence-corrected chi connectivity index (χ2v) is 5.40. The summed E-state index contributed by atoms with van der Waals surface area (Å²) in [4.78, 5) is 19.4. The molecule has 0 bridgehead atoms. The Morgan fingerprint density at radius 1 is 1.18 bits per heavy atom. The summed E-state index contributed by atoms with van der Waals surface area (Å²) in [7, 11) is 0. The van der Waals surface area contributed by atoms with Gasteiger partial charge in [-0.1, -0.05) is 29.5 Å². The molecule has 0 aliphatic carbocycles. The van der Waals surface area contributed by atoms with E-state index < -0.39 is 11.9 Å². The molecule has 8 heteroatoms. The zero-order valence-electron chi connectivity index (χ0n) is 10.9. The summed E-state index contributed by atoms with van der Waals surface area (Å²) in [5, 5.41) is 2.79. The van der Waals surface area contributed by atoms with Gasteiger partial charge < -0.3 is 0 Å². The Morgan fingerprint density at radius 2 is 1.91 bits per heavy atom. The lowest BCUT2D eigenvalue weighted by molar-refractivity contribution is -0.141. The molecular weight excluding hydrogens is 315 g/mol. The van der Waals surface area contributed by atoms with Gasteiger partial charge in [0.25, 0.3) is 5.91 Å². The zero-order chi connectivity index (χ0) is 15.7. The van der Waals surface area contributed by atoms with Crippen LogP contribution in [-0.2, 0) is 6.18 Å². The molecule has 0 spiro atoms. The number of aromatic nitrogens is 2. The van der Waals surface area contributed by atoms with Gasteiger partial charge in [0.15, 0.2) is 5.13 Å². The number of hydrogen-bond acceptors (Lipinski definition) is 4. The monoisotopic (exact) mass is 323 g/mol. The normalized spacial score (nSPS) is 11.6. The number of fused-ring (bicyclic) bond motifs is 1. The number of benzene rings is 1. The van der Waals surface area contributed by atoms with Crippen molar-refractivity contribution in [3.63, 3.8) is 0 Å². The van der Waals surface area contributed by atoms with Crippen molar-refractivity contribution in [2.45, 2.75) is 6.18 Å². The van der Waals surface area contributed by atoms with Crippen LogP contribution in [0.25, 0.3) is 10.2 Å². The Kier molecular flexibility index (Phi) is 3.53. The number of nitrogens with one attached hydrogen (secondary N) is 1. The van der Waals surface area contributed by atoms with Crippen molar-refractivity contribution in [1.82, 2.24) is 9.97 Å². The van der Waals surface area contributed by atoms with E-state index in [0.29, 0.717) is 15.8 Å². The van der Waals surface area contributed by atoms with Gasteiger partial charge in [-0.15, -0.1) is 0 Å². The lowest BCUT2D eigenvalue weighted by Gasteiger charge is -2.03. The van der Waals surface area contributed by atoms with Gasteiger partial charge in [0.2, 0.25) is 0 Å². The minimum absolute atomic E-state index is 0.227. The van der Waals surface area contributed by atoms with Crippen molar-refractivity contribution in [3.05, 3.63) is 53.9 Å². The number of nitrogens with zero attached hydrogens (tertiary/aromatic N) is 2. The van der Waals surface area contributed by atoms with Crippen LogP contribution in [0.4, 0.5) is 18.3 Å². The van der Waals surface area contributed by atoms with Crippen LogP contribution in [0, 0.1) is 0 Å². The minimum atomic E-state index is -4.51. The summed E-state index contributed by atoms with van der Waals surface area (Å²) in [5.74, 6) is -0.372. The first kappa shape index (κ1) is 14.5. The predicted molar refractivity (Wildman–Crippen MR) is 76.8 cm³/mol. The van der Waals surface area contributed by atoms with E-state index in [9.17, 15) is 18.0 Å². The molecule has 0 aliphatic heterocycles. The molecule has 2 heterocycles. The zero-order valence-corrected chi connectivity index (χ0v) is 11.7. The number of anilines is 1. The maximum absolute atomic E-state index is 12.6. The number of thiazole rings is 1. The van der Waals surface area contributed by atoms with E-state index in [-0.39, 0.29) is 11.0 Å². The average Bonchev–Trinajstić information content (AvgIpc) is 2.88. The first-order valence-corrected chi connectivity index (χ1v) is 6.95. The molecule has 1 amide bonds. The molecule has 0 saturated carbocycles. The van der Waals surface area contributed by atoms with Crippen molar-refractivity contribution >= 4 is 32.6 Å². The maximum Gasteiger partial charge on any atom is 0.433 e. The second-order valence-electron chi connectivity index (χ2n) is 4.37. The van der Waals surface area contributed by atoms with Gasteiger partial charge in [-0.3, -0.25) is 10.1 Å². The summed E-state index contributed by atoms with van der Waals surface area (Å²) in [6.45, 7) is 0. The molecule has 0 unspecified atom stereocenters. The molecule has 0 fully saturated rings. The van der Waals surface area contributed by atoms with E-state index >= 15 is 0 Å². The molecule has 0 radical (unpaired) electrons. The van der Waals surface area contributed by atoms with Crippen LogP contribution in [0.5, 0.6) is 0 Å². The summed E-state index contributed by atoms with van der Waals surface area (Å²) in [5.41, 5.74) is -0.234. The molecule has 1 N–H and O–H groups in total. The lowest BCUT2D eigenvalue weighted by atomic mass is 10.2. The molecule has 1 aromatic carbocycles. The van der Waals surface area contributed by atoms with Gasteiger partial charge in [-0.25, -0.2) is 9.97 Å². The Hall–Kier alpha value is -2.48. The first-order chi connectivity index (χ1) is 10.4. The Morgan fingerprint density at radius 3 is 2.59 bits per heavy atom. The minimum Gasteiger partial charge on any atom is -0.298 e. The number of alkyl halides is 3. The highest BCUT2D eigenvalue weighted by Crippen LogP contribution is 2.32. The molecule has 0 atom stereocenters. The van der Waals surface area contributed by atoms with E-state index in [0.717, 1.165) is 23.6 Å². The van der Waals surface area contributed by atoms with E-state index in [4.69, 9.17) is 0 Å². The lowest BCUT2D eigenvalue weighted by Crippen LogP contribution is -2.11. The van der Waals surface area contributed by atoms with Crippen LogP contribution < -0.4 is 5.32 Å². The number of halogens is 3. The van der Waals surface area contributed by atoms with Crippen LogP contribution >= 0.6 is 11.3 Å². The van der Waals surface area contributed by atoms with Crippen molar-refractivity contribution in [2.75, 3.05) is 5.32 Å². The number of carbonyl (C=O) groups excluding carboxylic acids is 1. The molecular formula is C14H8F3N3OS. The molecule has 22 heavy (non-hydrogen) atoms. The Bertz CT molecular complexity index is 830. The number of rotatable bonds is 2. The summed E-state index contributed by atoms with van der Waals surface area (Å²) in [6, 6.07) is 9.39. The smallest absolute Gasteiger partial charge is 0.298 e. The molecule has 3 aromatic rings. The van der Waals surface area contributed by atoms with Gasteiger partial charge >= 0.3 is 6.18 Å². The van der Waals surface area contributed by atoms with Crippen LogP contribution in [0.3, 0.4) is 0 Å². The van der Waals surface area contributed by atoms with Crippen molar-refractivity contribution in [1.29, 1.82) is 0 Å². The first-order valence-electron chi connectivity index (χ1n) is 6.14. The van der Waals surface area contributed by atoms with Gasteiger partial charge in [-0.2, -0.15) is 13.2 Å². The van der Waals surface area contributed by atoms with E-state index in [1.165, 1.54) is 0 Å². The SMILES string of the molecule is O=C(Nc1nc2cnc(C(F)(F)F)cc2s1)c1ccccc1. The summed E-state index contributed by atoms with van der Waals surface area (Å²) < 4.78 is 38.1. The third-order valence-electron chi connectivity index (χ3n) is 2.82. The highest BCUT2D eigenvalue weighted by atomic mass is 32.1. The van der Waals surface area contributed by atoms with Gasteiger partial charge in [-0.05, 0) is 18.2 Å². The molecule has 4 nitrogen and oxygen atoms in total. The Labute approximate surface area is 126 Å². The quantitative estimate of drug-likeness (QED) is 0.776. The summed E-state index contributed by atoms with van der Waals surface area (Å²) in [6.07, 6.45) is -3.46. The van der Waals surface area contributed by atoms with Crippen LogP contribution in [0.1, 0.15) is 16.1 Å². The van der Waals surface area contributed by atoms with Gasteiger partial charge in [0, 0.05) is 5.56 Å². The maximum atomic E-state index is 12.6. The highest BCUT2D eigenvalue weighted by molar-refractivity contribution is 7.22. The Balaban J connectivity index is 1.88. The van der Waals surface area contributed by atoms with Crippen molar-refractivity contribution < 1.29 is 18.0 Å². The fraction of sp³-hybridized carbons (Fsp3) is 0.0714. The van der Waals surface area contributed by atoms with Crippen LogP contribution in [0.2, 0.25) is 0 Å². The molecule has 2 aromatic heterocycles. The van der Waals surface area contributed by atoms with E-state index in [1.54, 1.807) is 30.3 Å². The number of hydrogen-bond donors (Lipinski definition) is 1. The number of carbonyl (C=O) groups is 1. The van der Waals surface area contributed by atoms with E-state index in [1.807, 2.05) is 0 Å². The average molecular weight is 323 g/mol. The van der Waals surface area contributed by atoms with Gasteiger partial charge in [0.1, 0.15) is 11.2 Å². The fourth-order valence-electron chi connectivity index (χ4n) is 1.80. The van der Waals surface area contributed by atoms with Crippen LogP contribution in [-0.4, -0.2) is 15.9 Å².